The summed E-state index contributed by atoms with van der Waals surface area (Å²) in [5.41, 5.74) is 0.894. The molecular weight excluding hydrogens is 339 g/mol. The Hall–Kier alpha value is -0.420. The van der Waals surface area contributed by atoms with E-state index in [2.05, 4.69) is 22.6 Å². The predicted octanol–water partition coefficient (Wildman–Crippen LogP) is 3.85. The van der Waals surface area contributed by atoms with Gasteiger partial charge in [-0.05, 0) is 52.6 Å². The van der Waals surface area contributed by atoms with E-state index in [9.17, 15) is 4.79 Å². The quantitative estimate of drug-likeness (QED) is 0.746. The summed E-state index contributed by atoms with van der Waals surface area (Å²) in [7, 11) is 0. The molecule has 0 saturated carbocycles. The highest BCUT2D eigenvalue weighted by Gasteiger charge is 2.31. The molecule has 1 rings (SSSR count). The summed E-state index contributed by atoms with van der Waals surface area (Å²) in [5, 5.41) is 0. The molecule has 3 heteroatoms. The van der Waals surface area contributed by atoms with Gasteiger partial charge in [-0.2, -0.15) is 0 Å². The first-order chi connectivity index (χ1) is 8.34. The Morgan fingerprint density at radius 2 is 1.83 bits per heavy atom. The first kappa shape index (κ1) is 15.6. The van der Waals surface area contributed by atoms with Crippen molar-refractivity contribution in [2.24, 2.45) is 5.41 Å². The van der Waals surface area contributed by atoms with Crippen LogP contribution < -0.4 is 0 Å². The zero-order chi connectivity index (χ0) is 13.8. The van der Waals surface area contributed by atoms with Crippen LogP contribution in [0.25, 0.3) is 0 Å². The summed E-state index contributed by atoms with van der Waals surface area (Å²) >= 11 is 2.26. The summed E-state index contributed by atoms with van der Waals surface area (Å²) < 4.78 is 6.79. The monoisotopic (exact) mass is 360 g/mol. The molecule has 1 atom stereocenters. The van der Waals surface area contributed by atoms with Gasteiger partial charge in [-0.1, -0.05) is 32.9 Å². The molecule has 0 N–H and O–H groups in total. The number of rotatable bonds is 5. The highest BCUT2D eigenvalue weighted by atomic mass is 127. The SMILES string of the molecule is CCOC(C(=O)Cc1ccc(I)cc1)C(C)(C)C. The van der Waals surface area contributed by atoms with Gasteiger partial charge in [0.05, 0.1) is 0 Å². The fraction of sp³-hybridized carbons (Fsp3) is 0.533. The molecule has 0 heterocycles. The zero-order valence-electron chi connectivity index (χ0n) is 11.5. The second-order valence-electron chi connectivity index (χ2n) is 5.47. The molecule has 0 bridgehead atoms. The van der Waals surface area contributed by atoms with Crippen LogP contribution in [-0.2, 0) is 16.0 Å². The Labute approximate surface area is 123 Å². The topological polar surface area (TPSA) is 26.3 Å². The predicted molar refractivity (Wildman–Crippen MR) is 82.7 cm³/mol. The highest BCUT2D eigenvalue weighted by molar-refractivity contribution is 14.1. The van der Waals surface area contributed by atoms with E-state index in [4.69, 9.17) is 4.74 Å². The van der Waals surface area contributed by atoms with Gasteiger partial charge in [0.2, 0.25) is 0 Å². The minimum atomic E-state index is -0.332. The number of hydrogen-bond donors (Lipinski definition) is 0. The van der Waals surface area contributed by atoms with Crippen LogP contribution in [0.15, 0.2) is 24.3 Å². The van der Waals surface area contributed by atoms with Crippen LogP contribution in [0, 0.1) is 8.99 Å². The van der Waals surface area contributed by atoms with Gasteiger partial charge >= 0.3 is 0 Å². The number of halogens is 1. The molecule has 0 aliphatic carbocycles. The van der Waals surface area contributed by atoms with E-state index in [1.165, 1.54) is 3.57 Å². The van der Waals surface area contributed by atoms with E-state index in [1.54, 1.807) is 0 Å². The Morgan fingerprint density at radius 1 is 1.28 bits per heavy atom. The first-order valence-electron chi connectivity index (χ1n) is 6.23. The zero-order valence-corrected chi connectivity index (χ0v) is 13.7. The fourth-order valence-corrected chi connectivity index (χ4v) is 2.25. The van der Waals surface area contributed by atoms with Crippen molar-refractivity contribution in [2.45, 2.75) is 40.2 Å². The molecule has 18 heavy (non-hydrogen) atoms. The molecule has 0 aromatic heterocycles. The van der Waals surface area contributed by atoms with E-state index >= 15 is 0 Å². The molecule has 0 saturated heterocycles. The number of Topliss-reactive ketones (excluding diaryl/α,β-unsaturated/α-hetero) is 1. The van der Waals surface area contributed by atoms with E-state index < -0.39 is 0 Å². The van der Waals surface area contributed by atoms with Crippen LogP contribution in [0.5, 0.6) is 0 Å². The second kappa shape index (κ2) is 6.66. The van der Waals surface area contributed by atoms with Gasteiger partial charge in [0.15, 0.2) is 5.78 Å². The summed E-state index contributed by atoms with van der Waals surface area (Å²) in [6.45, 7) is 8.62. The van der Waals surface area contributed by atoms with Crippen LogP contribution >= 0.6 is 22.6 Å². The molecular formula is C15H21IO2. The summed E-state index contributed by atoms with van der Waals surface area (Å²) in [5.74, 6) is 0.158. The maximum Gasteiger partial charge on any atom is 0.166 e. The van der Waals surface area contributed by atoms with E-state index in [1.807, 2.05) is 52.0 Å². The van der Waals surface area contributed by atoms with Gasteiger partial charge in [0.1, 0.15) is 6.10 Å². The van der Waals surface area contributed by atoms with Gasteiger partial charge in [0, 0.05) is 16.6 Å². The Kier molecular flexibility index (Phi) is 5.79. The lowest BCUT2D eigenvalue weighted by Crippen LogP contribution is -2.38. The van der Waals surface area contributed by atoms with Crippen molar-refractivity contribution >= 4 is 28.4 Å². The number of ketones is 1. The molecule has 100 valence electrons. The molecule has 0 spiro atoms. The Morgan fingerprint density at radius 3 is 2.28 bits per heavy atom. The third-order valence-electron chi connectivity index (χ3n) is 2.70. The third-order valence-corrected chi connectivity index (χ3v) is 3.42. The maximum absolute atomic E-state index is 12.3. The van der Waals surface area contributed by atoms with Crippen LogP contribution in [0.4, 0.5) is 0 Å². The average Bonchev–Trinajstić information content (AvgIpc) is 2.27. The van der Waals surface area contributed by atoms with Crippen LogP contribution in [0.1, 0.15) is 33.3 Å². The molecule has 0 fully saturated rings. The molecule has 0 aliphatic heterocycles. The number of carbonyl (C=O) groups excluding carboxylic acids is 1. The number of benzene rings is 1. The normalized spacial score (nSPS) is 13.4. The van der Waals surface area contributed by atoms with Gasteiger partial charge in [-0.25, -0.2) is 0 Å². The molecule has 2 nitrogen and oxygen atoms in total. The average molecular weight is 360 g/mol. The lowest BCUT2D eigenvalue weighted by atomic mass is 9.84. The van der Waals surface area contributed by atoms with Gasteiger partial charge < -0.3 is 4.74 Å². The van der Waals surface area contributed by atoms with Crippen LogP contribution in [0.3, 0.4) is 0 Å². The lowest BCUT2D eigenvalue weighted by Gasteiger charge is -2.29. The standard InChI is InChI=1S/C15H21IO2/c1-5-18-14(15(2,3)4)13(17)10-11-6-8-12(16)9-7-11/h6-9,14H,5,10H2,1-4H3. The molecule has 0 radical (unpaired) electrons. The smallest absolute Gasteiger partial charge is 0.166 e. The molecule has 1 aromatic carbocycles. The van der Waals surface area contributed by atoms with Crippen molar-refractivity contribution in [1.82, 2.24) is 0 Å². The molecule has 1 aromatic rings. The van der Waals surface area contributed by atoms with E-state index in [0.717, 1.165) is 5.56 Å². The van der Waals surface area contributed by atoms with Gasteiger partial charge in [-0.15, -0.1) is 0 Å². The Balaban J connectivity index is 2.76. The number of hydrogen-bond acceptors (Lipinski definition) is 2. The maximum atomic E-state index is 12.3. The van der Waals surface area contributed by atoms with Crippen molar-refractivity contribution in [3.63, 3.8) is 0 Å². The van der Waals surface area contributed by atoms with Crippen molar-refractivity contribution in [3.05, 3.63) is 33.4 Å². The van der Waals surface area contributed by atoms with Gasteiger partial charge in [-0.3, -0.25) is 4.79 Å². The summed E-state index contributed by atoms with van der Waals surface area (Å²) in [6.07, 6.45) is 0.112. The highest BCUT2D eigenvalue weighted by Crippen LogP contribution is 2.24. The minimum absolute atomic E-state index is 0.156. The summed E-state index contributed by atoms with van der Waals surface area (Å²) in [4.78, 5) is 12.3. The van der Waals surface area contributed by atoms with Crippen molar-refractivity contribution in [3.8, 4) is 0 Å². The Bertz CT molecular complexity index is 390. The van der Waals surface area contributed by atoms with Crippen molar-refractivity contribution in [2.75, 3.05) is 6.61 Å². The third kappa shape index (κ3) is 4.69. The number of carbonyl (C=O) groups is 1. The van der Waals surface area contributed by atoms with Gasteiger partial charge in [0.25, 0.3) is 0 Å². The van der Waals surface area contributed by atoms with Crippen molar-refractivity contribution < 1.29 is 9.53 Å². The largest absolute Gasteiger partial charge is 0.370 e. The van der Waals surface area contributed by atoms with Crippen LogP contribution in [0.2, 0.25) is 0 Å². The van der Waals surface area contributed by atoms with E-state index in [0.29, 0.717) is 13.0 Å². The molecule has 1 unspecified atom stereocenters. The van der Waals surface area contributed by atoms with Crippen LogP contribution in [-0.4, -0.2) is 18.5 Å². The molecule has 0 aliphatic rings. The fourth-order valence-electron chi connectivity index (χ4n) is 1.89. The van der Waals surface area contributed by atoms with E-state index in [-0.39, 0.29) is 17.3 Å². The summed E-state index contributed by atoms with van der Waals surface area (Å²) in [6, 6.07) is 8.06. The lowest BCUT2D eigenvalue weighted by molar-refractivity contribution is -0.136. The first-order valence-corrected chi connectivity index (χ1v) is 7.31. The second-order valence-corrected chi connectivity index (χ2v) is 6.72. The minimum Gasteiger partial charge on any atom is -0.370 e. The molecule has 0 amide bonds. The number of ether oxygens (including phenoxy) is 1. The van der Waals surface area contributed by atoms with Crippen molar-refractivity contribution in [1.29, 1.82) is 0 Å².